The third-order valence-corrected chi connectivity index (χ3v) is 5.20. The van der Waals surface area contributed by atoms with Crippen LogP contribution in [0.2, 0.25) is 0 Å². The van der Waals surface area contributed by atoms with Crippen molar-refractivity contribution in [1.82, 2.24) is 15.6 Å². The van der Waals surface area contributed by atoms with Crippen LogP contribution in [0.25, 0.3) is 22.2 Å². The quantitative estimate of drug-likeness (QED) is 0.616. The van der Waals surface area contributed by atoms with Gasteiger partial charge in [0.05, 0.1) is 0 Å². The molecule has 1 aliphatic heterocycles. The predicted octanol–water partition coefficient (Wildman–Crippen LogP) is 3.16. The number of halogens is 1. The second-order valence-electron chi connectivity index (χ2n) is 7.21. The number of amides is 2. The van der Waals surface area contributed by atoms with E-state index in [2.05, 4.69) is 15.6 Å². The maximum Gasteiger partial charge on any atom is 0.220 e. The van der Waals surface area contributed by atoms with Crippen molar-refractivity contribution in [3.8, 4) is 11.3 Å². The van der Waals surface area contributed by atoms with Crippen LogP contribution in [0.15, 0.2) is 48.5 Å². The Morgan fingerprint density at radius 3 is 2.68 bits per heavy atom. The molecule has 1 fully saturated rings. The summed E-state index contributed by atoms with van der Waals surface area (Å²) in [6, 6.07) is 14.3. The third-order valence-electron chi connectivity index (χ3n) is 5.20. The summed E-state index contributed by atoms with van der Waals surface area (Å²) in [6.45, 7) is 1.13. The molecule has 0 spiro atoms. The number of para-hydroxylation sites is 1. The molecule has 1 unspecified atom stereocenters. The summed E-state index contributed by atoms with van der Waals surface area (Å²) < 4.78 is 13.3. The Bertz CT molecular complexity index is 1010. The molecule has 3 N–H and O–H groups in total. The van der Waals surface area contributed by atoms with E-state index in [1.807, 2.05) is 24.3 Å². The average Bonchev–Trinajstić information content (AvgIpc) is 3.28. The van der Waals surface area contributed by atoms with E-state index in [-0.39, 0.29) is 23.5 Å². The molecule has 0 saturated carbocycles. The third kappa shape index (κ3) is 3.91. The van der Waals surface area contributed by atoms with Crippen molar-refractivity contribution < 1.29 is 14.0 Å². The number of hydrogen-bond acceptors (Lipinski definition) is 2. The average molecular weight is 379 g/mol. The first-order valence-corrected chi connectivity index (χ1v) is 9.49. The molecule has 0 bridgehead atoms. The number of benzene rings is 2. The molecule has 2 amide bonds. The van der Waals surface area contributed by atoms with E-state index in [1.165, 1.54) is 12.1 Å². The molecule has 0 radical (unpaired) electrons. The molecule has 1 saturated heterocycles. The van der Waals surface area contributed by atoms with Crippen molar-refractivity contribution in [2.45, 2.75) is 19.3 Å². The van der Waals surface area contributed by atoms with Crippen molar-refractivity contribution in [2.75, 3.05) is 13.1 Å². The monoisotopic (exact) mass is 379 g/mol. The highest BCUT2D eigenvalue weighted by Crippen LogP contribution is 2.31. The standard InChI is InChI=1S/C22H22FN3O2/c23-16-7-5-15(6-8-16)22-18(17-3-1-2-4-19(17)26-22)9-10-20(27)24-12-14-11-21(28)25-13-14/h1-8,14,26H,9-13H2,(H,24,27)(H,25,28). The number of hydrogen-bond donors (Lipinski definition) is 3. The van der Waals surface area contributed by atoms with Gasteiger partial charge in [0.25, 0.3) is 0 Å². The van der Waals surface area contributed by atoms with Crippen LogP contribution in [-0.2, 0) is 16.0 Å². The molecular weight excluding hydrogens is 357 g/mol. The molecule has 1 atom stereocenters. The van der Waals surface area contributed by atoms with Crippen LogP contribution in [0.4, 0.5) is 4.39 Å². The van der Waals surface area contributed by atoms with E-state index in [4.69, 9.17) is 0 Å². The van der Waals surface area contributed by atoms with E-state index in [9.17, 15) is 14.0 Å². The number of aromatic amines is 1. The molecule has 4 rings (SSSR count). The molecule has 5 nitrogen and oxygen atoms in total. The summed E-state index contributed by atoms with van der Waals surface area (Å²) in [5.41, 5.74) is 3.85. The highest BCUT2D eigenvalue weighted by atomic mass is 19.1. The SMILES string of the molecule is O=C(CCc1c(-c2ccc(F)cc2)[nH]c2ccccc12)NCC1CNC(=O)C1. The largest absolute Gasteiger partial charge is 0.356 e. The van der Waals surface area contributed by atoms with Gasteiger partial charge in [-0.1, -0.05) is 18.2 Å². The van der Waals surface area contributed by atoms with Crippen molar-refractivity contribution in [2.24, 2.45) is 5.92 Å². The summed E-state index contributed by atoms with van der Waals surface area (Å²) in [4.78, 5) is 27.0. The molecule has 144 valence electrons. The first-order chi connectivity index (χ1) is 13.6. The number of carbonyl (C=O) groups is 2. The van der Waals surface area contributed by atoms with Gasteiger partial charge in [-0.25, -0.2) is 4.39 Å². The summed E-state index contributed by atoms with van der Waals surface area (Å²) in [5, 5.41) is 6.78. The van der Waals surface area contributed by atoms with E-state index >= 15 is 0 Å². The summed E-state index contributed by atoms with van der Waals surface area (Å²) in [6.07, 6.45) is 1.39. The topological polar surface area (TPSA) is 74.0 Å². The van der Waals surface area contributed by atoms with E-state index in [0.717, 1.165) is 27.7 Å². The van der Waals surface area contributed by atoms with Crippen LogP contribution >= 0.6 is 0 Å². The molecule has 2 aromatic carbocycles. The fourth-order valence-corrected chi connectivity index (χ4v) is 3.72. The van der Waals surface area contributed by atoms with Gasteiger partial charge in [-0.15, -0.1) is 0 Å². The zero-order chi connectivity index (χ0) is 19.5. The van der Waals surface area contributed by atoms with E-state index in [0.29, 0.717) is 32.4 Å². The van der Waals surface area contributed by atoms with Crippen LogP contribution in [0.3, 0.4) is 0 Å². The summed E-state index contributed by atoms with van der Waals surface area (Å²) in [7, 11) is 0. The van der Waals surface area contributed by atoms with Gasteiger partial charge in [0.2, 0.25) is 11.8 Å². The predicted molar refractivity (Wildman–Crippen MR) is 106 cm³/mol. The molecule has 3 aromatic rings. The Hall–Kier alpha value is -3.15. The number of aromatic nitrogens is 1. The number of H-pyrrole nitrogens is 1. The molecule has 0 aliphatic carbocycles. The Kier molecular flexibility index (Phi) is 5.10. The van der Waals surface area contributed by atoms with Crippen molar-refractivity contribution in [3.05, 3.63) is 59.9 Å². The van der Waals surface area contributed by atoms with Gasteiger partial charge < -0.3 is 15.6 Å². The minimum atomic E-state index is -0.277. The lowest BCUT2D eigenvalue weighted by molar-refractivity contribution is -0.122. The fourth-order valence-electron chi connectivity index (χ4n) is 3.72. The lowest BCUT2D eigenvalue weighted by atomic mass is 10.0. The first kappa shape index (κ1) is 18.2. The van der Waals surface area contributed by atoms with Crippen molar-refractivity contribution in [1.29, 1.82) is 0 Å². The van der Waals surface area contributed by atoms with Gasteiger partial charge in [-0.05, 0) is 47.9 Å². The number of aryl methyl sites for hydroxylation is 1. The van der Waals surface area contributed by atoms with E-state index < -0.39 is 0 Å². The second-order valence-corrected chi connectivity index (χ2v) is 7.21. The van der Waals surface area contributed by atoms with Crippen LogP contribution in [0.5, 0.6) is 0 Å². The van der Waals surface area contributed by atoms with Gasteiger partial charge in [0, 0.05) is 48.4 Å². The van der Waals surface area contributed by atoms with Gasteiger partial charge in [-0.3, -0.25) is 9.59 Å². The Balaban J connectivity index is 1.49. The molecule has 1 aromatic heterocycles. The Morgan fingerprint density at radius 2 is 1.93 bits per heavy atom. The minimum Gasteiger partial charge on any atom is -0.356 e. The molecule has 6 heteroatoms. The lowest BCUT2D eigenvalue weighted by Gasteiger charge is -2.10. The summed E-state index contributed by atoms with van der Waals surface area (Å²) >= 11 is 0. The van der Waals surface area contributed by atoms with Crippen LogP contribution in [0.1, 0.15) is 18.4 Å². The van der Waals surface area contributed by atoms with Crippen molar-refractivity contribution >= 4 is 22.7 Å². The fraction of sp³-hybridized carbons (Fsp3) is 0.273. The number of fused-ring (bicyclic) bond motifs is 1. The Labute approximate surface area is 162 Å². The molecule has 28 heavy (non-hydrogen) atoms. The van der Waals surface area contributed by atoms with Crippen LogP contribution < -0.4 is 10.6 Å². The van der Waals surface area contributed by atoms with Gasteiger partial charge >= 0.3 is 0 Å². The van der Waals surface area contributed by atoms with Gasteiger partial charge in [-0.2, -0.15) is 0 Å². The minimum absolute atomic E-state index is 0.0327. The number of rotatable bonds is 6. The van der Waals surface area contributed by atoms with Crippen LogP contribution in [0, 0.1) is 11.7 Å². The zero-order valence-electron chi connectivity index (χ0n) is 15.4. The number of carbonyl (C=O) groups excluding carboxylic acids is 2. The zero-order valence-corrected chi connectivity index (χ0v) is 15.4. The first-order valence-electron chi connectivity index (χ1n) is 9.49. The van der Waals surface area contributed by atoms with E-state index in [1.54, 1.807) is 12.1 Å². The van der Waals surface area contributed by atoms with Crippen LogP contribution in [-0.4, -0.2) is 29.9 Å². The molecular formula is C22H22FN3O2. The lowest BCUT2D eigenvalue weighted by Crippen LogP contribution is -2.30. The highest BCUT2D eigenvalue weighted by Gasteiger charge is 2.22. The maximum atomic E-state index is 13.3. The molecule has 2 heterocycles. The van der Waals surface area contributed by atoms with Gasteiger partial charge in [0.15, 0.2) is 0 Å². The Morgan fingerprint density at radius 1 is 1.14 bits per heavy atom. The summed E-state index contributed by atoms with van der Waals surface area (Å²) in [5.74, 6) is -0.100. The smallest absolute Gasteiger partial charge is 0.220 e. The molecule has 1 aliphatic rings. The van der Waals surface area contributed by atoms with Gasteiger partial charge in [0.1, 0.15) is 5.82 Å². The number of nitrogens with one attached hydrogen (secondary N) is 3. The maximum absolute atomic E-state index is 13.3. The normalized spacial score (nSPS) is 16.3. The second kappa shape index (κ2) is 7.84. The van der Waals surface area contributed by atoms with Crippen molar-refractivity contribution in [3.63, 3.8) is 0 Å². The highest BCUT2D eigenvalue weighted by molar-refractivity contribution is 5.91.